The second kappa shape index (κ2) is 4.72. The molecule has 1 aliphatic heterocycles. The lowest BCUT2D eigenvalue weighted by atomic mass is 10.1. The minimum Gasteiger partial charge on any atom is -0.395 e. The van der Waals surface area contributed by atoms with E-state index in [4.69, 9.17) is 4.42 Å². The first-order valence-corrected chi connectivity index (χ1v) is 6.60. The van der Waals surface area contributed by atoms with Crippen LogP contribution in [0.3, 0.4) is 0 Å². The number of hydrogen-bond acceptors (Lipinski definition) is 5. The van der Waals surface area contributed by atoms with Gasteiger partial charge in [-0.15, -0.1) is 0 Å². The summed E-state index contributed by atoms with van der Waals surface area (Å²) < 4.78 is 6.78. The van der Waals surface area contributed by atoms with Gasteiger partial charge in [-0.05, 0) is 26.3 Å². The van der Waals surface area contributed by atoms with Crippen LogP contribution < -0.4 is 4.90 Å². The highest BCUT2D eigenvalue weighted by molar-refractivity contribution is 6.04. The molecule has 0 saturated carbocycles. The fourth-order valence-corrected chi connectivity index (χ4v) is 2.73. The maximum atomic E-state index is 12.6. The first kappa shape index (κ1) is 13.3. The molecule has 0 radical (unpaired) electrons. The Labute approximate surface area is 120 Å². The average Bonchev–Trinajstić information content (AvgIpc) is 3.07. The van der Waals surface area contributed by atoms with E-state index < -0.39 is 16.7 Å². The molecule has 2 aromatic rings. The van der Waals surface area contributed by atoms with Crippen molar-refractivity contribution in [3.05, 3.63) is 40.3 Å². The third kappa shape index (κ3) is 2.08. The molecule has 1 aliphatic rings. The number of hydrogen-bond donors (Lipinski definition) is 0. The average molecular weight is 290 g/mol. The lowest BCUT2D eigenvalue weighted by molar-refractivity contribution is -0.402. The summed E-state index contributed by atoms with van der Waals surface area (Å²) in [6.45, 7) is 3.97. The second-order valence-electron chi connectivity index (χ2n) is 5.14. The van der Waals surface area contributed by atoms with E-state index in [0.29, 0.717) is 5.82 Å². The maximum Gasteiger partial charge on any atom is 0.433 e. The summed E-state index contributed by atoms with van der Waals surface area (Å²) in [6.07, 6.45) is 2.39. The van der Waals surface area contributed by atoms with Crippen LogP contribution in [0.15, 0.2) is 28.8 Å². The van der Waals surface area contributed by atoms with Crippen molar-refractivity contribution in [1.29, 1.82) is 0 Å². The van der Waals surface area contributed by atoms with E-state index in [1.165, 1.54) is 12.1 Å². The summed E-state index contributed by atoms with van der Waals surface area (Å²) in [5.41, 5.74) is 0. The van der Waals surface area contributed by atoms with E-state index in [1.54, 1.807) is 21.8 Å². The van der Waals surface area contributed by atoms with Crippen molar-refractivity contribution in [3.63, 3.8) is 0 Å². The summed E-state index contributed by atoms with van der Waals surface area (Å²) in [7, 11) is 0. The van der Waals surface area contributed by atoms with E-state index in [1.807, 2.05) is 13.8 Å². The second-order valence-corrected chi connectivity index (χ2v) is 5.14. The molecular formula is C13H14N4O4. The van der Waals surface area contributed by atoms with Crippen molar-refractivity contribution in [3.8, 4) is 0 Å². The predicted octanol–water partition coefficient (Wildman–Crippen LogP) is 2.38. The van der Waals surface area contributed by atoms with Crippen molar-refractivity contribution >= 4 is 17.6 Å². The minimum atomic E-state index is -0.664. The van der Waals surface area contributed by atoms with E-state index in [2.05, 4.69) is 5.10 Å². The lowest BCUT2D eigenvalue weighted by Crippen LogP contribution is -2.44. The number of fused-ring (bicyclic) bond motifs is 1. The van der Waals surface area contributed by atoms with Gasteiger partial charge in [0.2, 0.25) is 0 Å². The van der Waals surface area contributed by atoms with Gasteiger partial charge in [-0.1, -0.05) is 0 Å². The Balaban J connectivity index is 1.97. The van der Waals surface area contributed by atoms with Gasteiger partial charge < -0.3 is 4.42 Å². The molecular weight excluding hydrogens is 276 g/mol. The molecule has 0 bridgehead atoms. The molecule has 0 unspecified atom stereocenters. The number of aromatic nitrogens is 2. The monoisotopic (exact) mass is 290 g/mol. The highest BCUT2D eigenvalue weighted by Gasteiger charge is 2.34. The van der Waals surface area contributed by atoms with Crippen molar-refractivity contribution < 1.29 is 14.1 Å². The molecule has 3 heterocycles. The Morgan fingerprint density at radius 3 is 2.81 bits per heavy atom. The SMILES string of the molecule is C[C@@H]1C[C@@H](C)n2nccc2N1C(=O)c1ccc([N+](=O)[O-])o1. The zero-order valence-corrected chi connectivity index (χ0v) is 11.6. The first-order valence-electron chi connectivity index (χ1n) is 6.60. The van der Waals surface area contributed by atoms with Crippen LogP contribution in [0.4, 0.5) is 11.7 Å². The summed E-state index contributed by atoms with van der Waals surface area (Å²) in [5.74, 6) is -0.213. The molecule has 0 aliphatic carbocycles. The van der Waals surface area contributed by atoms with Gasteiger partial charge in [-0.25, -0.2) is 4.68 Å². The number of nitro groups is 1. The third-order valence-electron chi connectivity index (χ3n) is 3.64. The van der Waals surface area contributed by atoms with Crippen molar-refractivity contribution in [1.82, 2.24) is 9.78 Å². The van der Waals surface area contributed by atoms with Crippen molar-refractivity contribution in [2.24, 2.45) is 0 Å². The van der Waals surface area contributed by atoms with Crippen molar-refractivity contribution in [2.75, 3.05) is 4.90 Å². The molecule has 0 saturated heterocycles. The van der Waals surface area contributed by atoms with Crippen molar-refractivity contribution in [2.45, 2.75) is 32.4 Å². The Hall–Kier alpha value is -2.64. The molecule has 21 heavy (non-hydrogen) atoms. The van der Waals surface area contributed by atoms with Gasteiger partial charge in [-0.2, -0.15) is 5.10 Å². The van der Waals surface area contributed by atoms with Crippen LogP contribution in [-0.4, -0.2) is 26.7 Å². The quantitative estimate of drug-likeness (QED) is 0.625. The minimum absolute atomic E-state index is 0.0409. The normalized spacial score (nSPS) is 21.1. The van der Waals surface area contributed by atoms with Gasteiger partial charge in [-0.3, -0.25) is 19.8 Å². The number of rotatable bonds is 2. The first-order chi connectivity index (χ1) is 9.99. The van der Waals surface area contributed by atoms with E-state index in [0.717, 1.165) is 6.42 Å². The molecule has 8 heteroatoms. The van der Waals surface area contributed by atoms with Gasteiger partial charge in [0.25, 0.3) is 5.91 Å². The summed E-state index contributed by atoms with van der Waals surface area (Å²) in [4.78, 5) is 24.1. The lowest BCUT2D eigenvalue weighted by Gasteiger charge is -2.36. The fourth-order valence-electron chi connectivity index (χ4n) is 2.73. The van der Waals surface area contributed by atoms with Crippen LogP contribution in [0.5, 0.6) is 0 Å². The number of carbonyl (C=O) groups excluding carboxylic acids is 1. The van der Waals surface area contributed by atoms with Crippen LogP contribution >= 0.6 is 0 Å². The molecule has 0 fully saturated rings. The standard InChI is InChI=1S/C13H14N4O4/c1-8-7-9(2)16-11(5-6-14-16)15(8)13(18)10-3-4-12(21-10)17(19)20/h3-6,8-9H,7H2,1-2H3/t8-,9-/m1/s1. The van der Waals surface area contributed by atoms with Crippen LogP contribution in [0, 0.1) is 10.1 Å². The number of carbonyl (C=O) groups is 1. The maximum absolute atomic E-state index is 12.6. The smallest absolute Gasteiger partial charge is 0.395 e. The number of amides is 1. The highest BCUT2D eigenvalue weighted by atomic mass is 16.6. The largest absolute Gasteiger partial charge is 0.433 e. The summed E-state index contributed by atoms with van der Waals surface area (Å²) in [6, 6.07) is 4.41. The highest BCUT2D eigenvalue weighted by Crippen LogP contribution is 2.32. The number of anilines is 1. The van der Waals surface area contributed by atoms with Gasteiger partial charge in [0.15, 0.2) is 5.76 Å². The van der Waals surface area contributed by atoms with Gasteiger partial charge in [0.05, 0.1) is 18.3 Å². The molecule has 2 atom stereocenters. The zero-order valence-electron chi connectivity index (χ0n) is 11.6. The van der Waals surface area contributed by atoms with Gasteiger partial charge >= 0.3 is 5.88 Å². The third-order valence-corrected chi connectivity index (χ3v) is 3.64. The van der Waals surface area contributed by atoms with Crippen LogP contribution in [0.1, 0.15) is 36.9 Å². The molecule has 0 spiro atoms. The Kier molecular flexibility index (Phi) is 3.00. The van der Waals surface area contributed by atoms with Crippen LogP contribution in [0.2, 0.25) is 0 Å². The molecule has 2 aromatic heterocycles. The van der Waals surface area contributed by atoms with E-state index in [9.17, 15) is 14.9 Å². The zero-order chi connectivity index (χ0) is 15.1. The van der Waals surface area contributed by atoms with E-state index >= 15 is 0 Å². The molecule has 0 aromatic carbocycles. The topological polar surface area (TPSA) is 94.4 Å². The molecule has 0 N–H and O–H groups in total. The van der Waals surface area contributed by atoms with Crippen LogP contribution in [-0.2, 0) is 0 Å². The van der Waals surface area contributed by atoms with E-state index in [-0.39, 0.29) is 17.8 Å². The molecule has 110 valence electrons. The molecule has 1 amide bonds. The van der Waals surface area contributed by atoms with Gasteiger partial charge in [0.1, 0.15) is 10.7 Å². The summed E-state index contributed by atoms with van der Waals surface area (Å²) >= 11 is 0. The number of furan rings is 1. The summed E-state index contributed by atoms with van der Waals surface area (Å²) in [5, 5.41) is 14.9. The Morgan fingerprint density at radius 1 is 1.38 bits per heavy atom. The Morgan fingerprint density at radius 2 is 2.14 bits per heavy atom. The molecule has 8 nitrogen and oxygen atoms in total. The predicted molar refractivity (Wildman–Crippen MR) is 73.2 cm³/mol. The van der Waals surface area contributed by atoms with Gasteiger partial charge in [0, 0.05) is 12.1 Å². The fraction of sp³-hybridized carbons (Fsp3) is 0.385. The van der Waals surface area contributed by atoms with Crippen LogP contribution in [0.25, 0.3) is 0 Å². The number of nitrogens with zero attached hydrogens (tertiary/aromatic N) is 4. The Bertz CT molecular complexity index is 705. The molecule has 3 rings (SSSR count).